The molecule has 0 unspecified atom stereocenters. The number of aromatic nitrogens is 1. The molecule has 0 aliphatic rings. The Kier molecular flexibility index (Phi) is 6.89. The van der Waals surface area contributed by atoms with E-state index in [-0.39, 0.29) is 18.7 Å². The zero-order valence-electron chi connectivity index (χ0n) is 11.6. The van der Waals surface area contributed by atoms with E-state index >= 15 is 0 Å². The van der Waals surface area contributed by atoms with Crippen LogP contribution in [0, 0.1) is 6.92 Å². The van der Waals surface area contributed by atoms with Crippen molar-refractivity contribution in [3.63, 3.8) is 0 Å². The Morgan fingerprint density at radius 3 is 2.74 bits per heavy atom. The summed E-state index contributed by atoms with van der Waals surface area (Å²) in [6.07, 6.45) is 2.09. The molecule has 1 aromatic heterocycles. The van der Waals surface area contributed by atoms with Gasteiger partial charge in [-0.05, 0) is 19.4 Å². The van der Waals surface area contributed by atoms with Crippen LogP contribution in [0.25, 0.3) is 0 Å². The maximum absolute atomic E-state index is 11.6. The number of hydrogen-bond acceptors (Lipinski definition) is 4. The normalized spacial score (nSPS) is 10.4. The summed E-state index contributed by atoms with van der Waals surface area (Å²) in [5, 5.41) is 0. The summed E-state index contributed by atoms with van der Waals surface area (Å²) in [6.45, 7) is 5.12. The first-order valence-electron chi connectivity index (χ1n) is 6.55. The van der Waals surface area contributed by atoms with Gasteiger partial charge in [0.1, 0.15) is 13.2 Å². The van der Waals surface area contributed by atoms with Gasteiger partial charge in [-0.3, -0.25) is 9.59 Å². The monoisotopic (exact) mass is 267 g/mol. The number of carbonyl (C=O) groups is 1. The molecule has 0 aliphatic carbocycles. The van der Waals surface area contributed by atoms with Crippen LogP contribution in [0.4, 0.5) is 0 Å². The number of ether oxygens (including phenoxy) is 2. The molecule has 0 aromatic carbocycles. The lowest BCUT2D eigenvalue weighted by molar-refractivity contribution is -0.146. The zero-order valence-corrected chi connectivity index (χ0v) is 11.6. The van der Waals surface area contributed by atoms with E-state index in [2.05, 4.69) is 6.92 Å². The lowest BCUT2D eigenvalue weighted by atomic mass is 10.3. The minimum atomic E-state index is -0.421. The van der Waals surface area contributed by atoms with Gasteiger partial charge in [0.25, 0.3) is 5.56 Å². The van der Waals surface area contributed by atoms with Gasteiger partial charge in [-0.15, -0.1) is 0 Å². The van der Waals surface area contributed by atoms with Crippen molar-refractivity contribution in [2.24, 2.45) is 0 Å². The van der Waals surface area contributed by atoms with Crippen molar-refractivity contribution in [2.75, 3.05) is 19.8 Å². The molecule has 5 nitrogen and oxygen atoms in total. The van der Waals surface area contributed by atoms with Gasteiger partial charge in [0.2, 0.25) is 0 Å². The molecular formula is C14H21NO4. The molecule has 1 aromatic rings. The van der Waals surface area contributed by atoms with Crippen molar-refractivity contribution >= 4 is 5.97 Å². The summed E-state index contributed by atoms with van der Waals surface area (Å²) in [5.41, 5.74) is 0.541. The largest absolute Gasteiger partial charge is 0.462 e. The molecule has 0 amide bonds. The molecule has 0 bridgehead atoms. The molecule has 1 heterocycles. The molecule has 0 aliphatic heterocycles. The van der Waals surface area contributed by atoms with E-state index in [4.69, 9.17) is 9.47 Å². The summed E-state index contributed by atoms with van der Waals surface area (Å²) in [7, 11) is 0. The minimum Gasteiger partial charge on any atom is -0.462 e. The maximum Gasteiger partial charge on any atom is 0.326 e. The molecule has 0 saturated heterocycles. The second kappa shape index (κ2) is 8.48. The highest BCUT2D eigenvalue weighted by Gasteiger charge is 2.07. The molecule has 5 heteroatoms. The third-order valence-corrected chi connectivity index (χ3v) is 2.69. The summed E-state index contributed by atoms with van der Waals surface area (Å²) in [6, 6.07) is 4.87. The Bertz CT molecular complexity index is 453. The highest BCUT2D eigenvalue weighted by molar-refractivity contribution is 5.69. The number of hydrogen-bond donors (Lipinski definition) is 0. The van der Waals surface area contributed by atoms with Gasteiger partial charge in [0.05, 0.1) is 6.61 Å². The van der Waals surface area contributed by atoms with Gasteiger partial charge in [0.15, 0.2) is 0 Å². The highest BCUT2D eigenvalue weighted by Crippen LogP contribution is 1.95. The number of pyridine rings is 1. The number of aryl methyl sites for hydroxylation is 1. The summed E-state index contributed by atoms with van der Waals surface area (Å²) >= 11 is 0. The molecule has 19 heavy (non-hydrogen) atoms. The summed E-state index contributed by atoms with van der Waals surface area (Å²) in [5.74, 6) is -0.421. The van der Waals surface area contributed by atoms with Crippen molar-refractivity contribution in [3.05, 3.63) is 34.2 Å². The average molecular weight is 267 g/mol. The maximum atomic E-state index is 11.6. The third kappa shape index (κ3) is 5.70. The predicted octanol–water partition coefficient (Wildman–Crippen LogP) is 1.52. The van der Waals surface area contributed by atoms with Crippen LogP contribution in [0.3, 0.4) is 0 Å². The van der Waals surface area contributed by atoms with Crippen molar-refractivity contribution in [1.29, 1.82) is 0 Å². The second-order valence-corrected chi connectivity index (χ2v) is 4.28. The van der Waals surface area contributed by atoms with Crippen molar-refractivity contribution in [2.45, 2.75) is 33.2 Å². The predicted molar refractivity (Wildman–Crippen MR) is 72.1 cm³/mol. The summed E-state index contributed by atoms with van der Waals surface area (Å²) in [4.78, 5) is 23.1. The molecule has 1 rings (SSSR count). The van der Waals surface area contributed by atoms with Crippen LogP contribution in [0.5, 0.6) is 0 Å². The van der Waals surface area contributed by atoms with E-state index < -0.39 is 5.97 Å². The van der Waals surface area contributed by atoms with Crippen LogP contribution in [-0.4, -0.2) is 30.4 Å². The number of nitrogens with zero attached hydrogens (tertiary/aromatic N) is 1. The van der Waals surface area contributed by atoms with E-state index in [0.29, 0.717) is 13.2 Å². The number of rotatable bonds is 8. The second-order valence-electron chi connectivity index (χ2n) is 4.28. The molecule has 0 saturated carbocycles. The van der Waals surface area contributed by atoms with Crippen LogP contribution in [0.2, 0.25) is 0 Å². The Morgan fingerprint density at radius 2 is 2.05 bits per heavy atom. The van der Waals surface area contributed by atoms with Gasteiger partial charge >= 0.3 is 5.97 Å². The Labute approximate surface area is 113 Å². The Hall–Kier alpha value is -1.62. The van der Waals surface area contributed by atoms with Gasteiger partial charge in [-0.25, -0.2) is 0 Å². The fraction of sp³-hybridized carbons (Fsp3) is 0.571. The molecule has 0 N–H and O–H groups in total. The van der Waals surface area contributed by atoms with Gasteiger partial charge in [-0.1, -0.05) is 19.4 Å². The molecule has 0 fully saturated rings. The first-order valence-corrected chi connectivity index (χ1v) is 6.55. The topological polar surface area (TPSA) is 57.5 Å². The molecule has 0 atom stereocenters. The van der Waals surface area contributed by atoms with Crippen molar-refractivity contribution in [3.8, 4) is 0 Å². The fourth-order valence-electron chi connectivity index (χ4n) is 1.56. The van der Waals surface area contributed by atoms with E-state index in [1.165, 1.54) is 10.6 Å². The third-order valence-electron chi connectivity index (χ3n) is 2.69. The first-order chi connectivity index (χ1) is 9.15. The van der Waals surface area contributed by atoms with Crippen LogP contribution in [0.15, 0.2) is 23.0 Å². The highest BCUT2D eigenvalue weighted by atomic mass is 16.6. The van der Waals surface area contributed by atoms with E-state index in [1.807, 2.05) is 0 Å². The fourth-order valence-corrected chi connectivity index (χ4v) is 1.56. The average Bonchev–Trinajstić information content (AvgIpc) is 2.38. The summed E-state index contributed by atoms with van der Waals surface area (Å²) < 4.78 is 11.7. The Balaban J connectivity index is 2.30. The van der Waals surface area contributed by atoms with E-state index in [9.17, 15) is 9.59 Å². The van der Waals surface area contributed by atoms with Crippen LogP contribution in [-0.2, 0) is 20.8 Å². The lowest BCUT2D eigenvalue weighted by Crippen LogP contribution is -2.26. The van der Waals surface area contributed by atoms with Gasteiger partial charge in [0, 0.05) is 18.4 Å². The van der Waals surface area contributed by atoms with Gasteiger partial charge < -0.3 is 14.0 Å². The quantitative estimate of drug-likeness (QED) is 0.529. The van der Waals surface area contributed by atoms with Crippen LogP contribution in [0.1, 0.15) is 25.5 Å². The molecule has 0 spiro atoms. The SMILES string of the molecule is CCCCOCCOC(=O)Cn1c(C)cccc1=O. The lowest BCUT2D eigenvalue weighted by Gasteiger charge is -2.09. The van der Waals surface area contributed by atoms with E-state index in [1.54, 1.807) is 19.1 Å². The van der Waals surface area contributed by atoms with Crippen molar-refractivity contribution in [1.82, 2.24) is 4.57 Å². The zero-order chi connectivity index (χ0) is 14.1. The number of unbranched alkanes of at least 4 members (excludes halogenated alkanes) is 1. The number of esters is 1. The minimum absolute atomic E-state index is 0.0551. The molecular weight excluding hydrogens is 246 g/mol. The molecule has 106 valence electrons. The number of carbonyl (C=O) groups excluding carboxylic acids is 1. The van der Waals surface area contributed by atoms with Crippen LogP contribution >= 0.6 is 0 Å². The molecule has 0 radical (unpaired) electrons. The van der Waals surface area contributed by atoms with E-state index in [0.717, 1.165) is 18.5 Å². The first kappa shape index (κ1) is 15.4. The van der Waals surface area contributed by atoms with Crippen LogP contribution < -0.4 is 5.56 Å². The van der Waals surface area contributed by atoms with Gasteiger partial charge in [-0.2, -0.15) is 0 Å². The van der Waals surface area contributed by atoms with Crippen molar-refractivity contribution < 1.29 is 14.3 Å². The Morgan fingerprint density at radius 1 is 1.26 bits per heavy atom. The smallest absolute Gasteiger partial charge is 0.326 e. The standard InChI is InChI=1S/C14H21NO4/c1-3-4-8-18-9-10-19-14(17)11-15-12(2)6-5-7-13(15)16/h5-7H,3-4,8-11H2,1-2H3.